The molecule has 0 aliphatic carbocycles. The summed E-state index contributed by atoms with van der Waals surface area (Å²) in [6.07, 6.45) is 0. The predicted octanol–water partition coefficient (Wildman–Crippen LogP) is 12.0. The molecule has 200 valence electrons. The van der Waals surface area contributed by atoms with Gasteiger partial charge in [-0.05, 0) is 89.9 Å². The first kappa shape index (κ1) is 15.5. The third-order valence-corrected chi connectivity index (χ3v) is 8.00. The predicted molar refractivity (Wildman–Crippen MR) is 183 cm³/mol. The molecule has 0 saturated heterocycles. The van der Waals surface area contributed by atoms with E-state index in [2.05, 4.69) is 24.3 Å². The van der Waals surface area contributed by atoms with Gasteiger partial charge in [-0.1, -0.05) is 133 Å². The minimum atomic E-state index is -0.655. The zero-order chi connectivity index (χ0) is 37.9. The Morgan fingerprint density at radius 3 is 1.77 bits per heavy atom. The molecule has 9 rings (SSSR count). The summed E-state index contributed by atoms with van der Waals surface area (Å²) in [6.45, 7) is 0. The highest BCUT2D eigenvalue weighted by molar-refractivity contribution is 6.24. The van der Waals surface area contributed by atoms with E-state index in [-0.39, 0.29) is 45.6 Å². The van der Waals surface area contributed by atoms with Crippen molar-refractivity contribution in [3.8, 4) is 33.4 Å². The van der Waals surface area contributed by atoms with Gasteiger partial charge in [-0.15, -0.1) is 0 Å². The maximum atomic E-state index is 9.69. The van der Waals surface area contributed by atoms with Gasteiger partial charge in [0.1, 0.15) is 11.2 Å². The molecule has 0 bridgehead atoms. The Balaban J connectivity index is 1.41. The van der Waals surface area contributed by atoms with E-state index in [1.54, 1.807) is 0 Å². The number of rotatable bonds is 3. The molecule has 0 aliphatic rings. The second-order valence-electron chi connectivity index (χ2n) is 10.4. The third-order valence-electron chi connectivity index (χ3n) is 8.00. The number of hydrogen-bond acceptors (Lipinski definition) is 1. The van der Waals surface area contributed by atoms with Crippen LogP contribution in [0.25, 0.3) is 87.6 Å². The fourth-order valence-electron chi connectivity index (χ4n) is 6.15. The fourth-order valence-corrected chi connectivity index (χ4v) is 6.15. The van der Waals surface area contributed by atoms with Gasteiger partial charge < -0.3 is 4.42 Å². The molecule has 1 aromatic heterocycles. The lowest BCUT2D eigenvalue weighted by Gasteiger charge is -2.18. The molecule has 0 aliphatic heterocycles. The first-order chi connectivity index (χ1) is 25.9. The van der Waals surface area contributed by atoms with Gasteiger partial charge in [-0.2, -0.15) is 0 Å². The third kappa shape index (κ3) is 3.72. The molecule has 0 N–H and O–H groups in total. The van der Waals surface area contributed by atoms with Crippen LogP contribution in [0.5, 0.6) is 0 Å². The topological polar surface area (TPSA) is 13.1 Å². The minimum absolute atomic E-state index is 0.0214. The van der Waals surface area contributed by atoms with E-state index in [1.165, 1.54) is 0 Å². The van der Waals surface area contributed by atoms with Crippen LogP contribution in [0.3, 0.4) is 0 Å². The molecule has 0 fully saturated rings. The zero-order valence-electron chi connectivity index (χ0n) is 33.6. The number of fused-ring (bicyclic) bond motifs is 6. The molecule has 1 heteroatoms. The molecule has 0 unspecified atom stereocenters. The Hall–Kier alpha value is -5.66. The van der Waals surface area contributed by atoms with Gasteiger partial charge in [0, 0.05) is 10.8 Å². The molecule has 0 radical (unpaired) electrons. The lowest BCUT2D eigenvalue weighted by Crippen LogP contribution is -1.91. The standard InChI is InChI=1S/C42H26O/c1-2-11-27(12-3-1)29-21-23-32-38-25-30(22-24-39(38)43-40(32)26-29)41-34-16-6-8-18-36(34)42(37-19-9-7-17-35(37)41)33-20-10-14-28-13-4-5-15-31(28)33/h1-26H/i1D,2D,3D,11D,12D,21D,22D,23D,24D,25D,26D. The van der Waals surface area contributed by atoms with Gasteiger partial charge in [-0.25, -0.2) is 0 Å². The quantitative estimate of drug-likeness (QED) is 0.197. The van der Waals surface area contributed by atoms with E-state index in [0.29, 0.717) is 5.56 Å². The van der Waals surface area contributed by atoms with E-state index in [9.17, 15) is 4.11 Å². The summed E-state index contributed by atoms with van der Waals surface area (Å²) < 4.78 is 103. The van der Waals surface area contributed by atoms with Crippen LogP contribution >= 0.6 is 0 Å². The SMILES string of the molecule is [2H]c1c([2H])c([2H])c(-c2c([2H])c([2H])c3c(oc4c([2H])c([2H])c(-c5c6ccccc6c(-c6cccc7ccccc67)c6ccccc56)c([2H])c43)c2[2H])c([2H])c1[2H]. The summed E-state index contributed by atoms with van der Waals surface area (Å²) in [7, 11) is 0. The van der Waals surface area contributed by atoms with Gasteiger partial charge in [0.05, 0.1) is 15.1 Å². The monoisotopic (exact) mass is 557 g/mol. The van der Waals surface area contributed by atoms with Crippen molar-refractivity contribution < 1.29 is 19.5 Å². The Morgan fingerprint density at radius 1 is 0.395 bits per heavy atom. The molecule has 0 atom stereocenters. The second kappa shape index (κ2) is 9.44. The van der Waals surface area contributed by atoms with Crippen molar-refractivity contribution in [1.82, 2.24) is 0 Å². The highest BCUT2D eigenvalue weighted by Gasteiger charge is 2.19. The van der Waals surface area contributed by atoms with Crippen LogP contribution < -0.4 is 0 Å². The molecular formula is C42H26O. The van der Waals surface area contributed by atoms with Crippen molar-refractivity contribution in [2.24, 2.45) is 0 Å². The highest BCUT2D eigenvalue weighted by Crippen LogP contribution is 2.46. The molecule has 0 saturated carbocycles. The van der Waals surface area contributed by atoms with Crippen molar-refractivity contribution in [2.45, 2.75) is 0 Å². The Bertz CT molecular complexity index is 3040. The first-order valence-corrected chi connectivity index (χ1v) is 13.9. The Kier molecular flexibility index (Phi) is 3.41. The van der Waals surface area contributed by atoms with Crippen molar-refractivity contribution >= 4 is 54.3 Å². The van der Waals surface area contributed by atoms with Crippen LogP contribution in [0.15, 0.2) is 162 Å². The number of furan rings is 1. The summed E-state index contributed by atoms with van der Waals surface area (Å²) in [5.74, 6) is 0. The first-order valence-electron chi connectivity index (χ1n) is 19.4. The van der Waals surface area contributed by atoms with Gasteiger partial charge in [0.15, 0.2) is 0 Å². The minimum Gasteiger partial charge on any atom is -0.456 e. The molecule has 1 heterocycles. The van der Waals surface area contributed by atoms with Crippen molar-refractivity contribution in [2.75, 3.05) is 0 Å². The smallest absolute Gasteiger partial charge is 0.136 e. The van der Waals surface area contributed by atoms with E-state index >= 15 is 0 Å². The van der Waals surface area contributed by atoms with Crippen LogP contribution in [0.2, 0.25) is 0 Å². The van der Waals surface area contributed by atoms with Crippen molar-refractivity contribution in [1.29, 1.82) is 0 Å². The Labute approximate surface area is 264 Å². The van der Waals surface area contributed by atoms with Gasteiger partial charge in [0.2, 0.25) is 0 Å². The van der Waals surface area contributed by atoms with Crippen LogP contribution in [0.1, 0.15) is 15.1 Å². The Morgan fingerprint density at radius 2 is 1.02 bits per heavy atom. The van der Waals surface area contributed by atoms with Crippen LogP contribution in [0, 0.1) is 0 Å². The zero-order valence-corrected chi connectivity index (χ0v) is 22.6. The summed E-state index contributed by atoms with van der Waals surface area (Å²) in [4.78, 5) is 0. The summed E-state index contributed by atoms with van der Waals surface area (Å²) in [6, 6.07) is 24.1. The van der Waals surface area contributed by atoms with Crippen LogP contribution in [-0.4, -0.2) is 0 Å². The molecular weight excluding hydrogens is 520 g/mol. The largest absolute Gasteiger partial charge is 0.456 e. The number of hydrogen-bond donors (Lipinski definition) is 0. The molecule has 9 aromatic rings. The van der Waals surface area contributed by atoms with E-state index in [4.69, 9.17) is 15.4 Å². The summed E-state index contributed by atoms with van der Waals surface area (Å²) in [5, 5.41) is 5.24. The molecule has 0 amide bonds. The molecule has 8 aromatic carbocycles. The maximum Gasteiger partial charge on any atom is 0.136 e. The average Bonchev–Trinajstić information content (AvgIpc) is 3.60. The highest BCUT2D eigenvalue weighted by atomic mass is 16.3. The van der Waals surface area contributed by atoms with E-state index < -0.39 is 59.5 Å². The van der Waals surface area contributed by atoms with Crippen molar-refractivity contribution in [3.63, 3.8) is 0 Å². The van der Waals surface area contributed by atoms with Crippen LogP contribution in [0.4, 0.5) is 0 Å². The lowest BCUT2D eigenvalue weighted by atomic mass is 9.84. The molecule has 1 nitrogen and oxygen atoms in total. The number of benzene rings is 8. The maximum absolute atomic E-state index is 9.69. The van der Waals surface area contributed by atoms with Gasteiger partial charge in [0.25, 0.3) is 0 Å². The average molecular weight is 558 g/mol. The van der Waals surface area contributed by atoms with E-state index in [1.807, 2.05) is 66.7 Å². The lowest BCUT2D eigenvalue weighted by molar-refractivity contribution is 0.669. The second-order valence-corrected chi connectivity index (χ2v) is 10.4. The van der Waals surface area contributed by atoms with Gasteiger partial charge in [-0.3, -0.25) is 0 Å². The summed E-state index contributed by atoms with van der Waals surface area (Å²) in [5.41, 5.74) is 1.35. The molecule has 0 spiro atoms. The van der Waals surface area contributed by atoms with E-state index in [0.717, 1.165) is 43.4 Å². The van der Waals surface area contributed by atoms with Crippen LogP contribution in [-0.2, 0) is 0 Å². The van der Waals surface area contributed by atoms with Gasteiger partial charge >= 0.3 is 0 Å². The fraction of sp³-hybridized carbons (Fsp3) is 0. The van der Waals surface area contributed by atoms with Crippen molar-refractivity contribution in [3.05, 3.63) is 157 Å². The molecule has 43 heavy (non-hydrogen) atoms. The summed E-state index contributed by atoms with van der Waals surface area (Å²) >= 11 is 0. The normalized spacial score (nSPS) is 15.3.